The van der Waals surface area contributed by atoms with Crippen molar-refractivity contribution in [1.82, 2.24) is 9.71 Å². The molecule has 1 N–H and O–H groups in total. The van der Waals surface area contributed by atoms with Crippen LogP contribution in [0, 0.1) is 13.8 Å². The Hall–Kier alpha value is -1.93. The van der Waals surface area contributed by atoms with Gasteiger partial charge in [0.05, 0.1) is 23.2 Å². The summed E-state index contributed by atoms with van der Waals surface area (Å²) in [5.41, 5.74) is 0.0562. The number of ether oxygens (including phenoxy) is 1. The molecule has 1 aromatic heterocycles. The van der Waals surface area contributed by atoms with Crippen molar-refractivity contribution in [2.45, 2.75) is 37.3 Å². The van der Waals surface area contributed by atoms with E-state index in [-0.39, 0.29) is 4.21 Å². The van der Waals surface area contributed by atoms with Crippen LogP contribution in [0.15, 0.2) is 28.5 Å². The predicted octanol–water partition coefficient (Wildman–Crippen LogP) is 2.55. The third-order valence-electron chi connectivity index (χ3n) is 3.71. The van der Waals surface area contributed by atoms with E-state index in [1.54, 1.807) is 59.1 Å². The molecule has 24 heavy (non-hydrogen) atoms. The monoisotopic (exact) mass is 368 g/mol. The van der Waals surface area contributed by atoms with E-state index in [4.69, 9.17) is 4.74 Å². The molecule has 8 heteroatoms. The molecule has 0 aliphatic rings. The number of thiazole rings is 1. The average Bonchev–Trinajstić information content (AvgIpc) is 2.86. The number of carbonyl (C=O) groups is 1. The highest BCUT2D eigenvalue weighted by Crippen LogP contribution is 2.28. The number of aryl methyl sites for hydroxylation is 2. The van der Waals surface area contributed by atoms with Gasteiger partial charge in [-0.05, 0) is 45.4 Å². The summed E-state index contributed by atoms with van der Waals surface area (Å²) in [5.74, 6) is 0.0662. The maximum absolute atomic E-state index is 12.6. The van der Waals surface area contributed by atoms with Gasteiger partial charge in [-0.25, -0.2) is 18.1 Å². The summed E-state index contributed by atoms with van der Waals surface area (Å²) in [4.78, 5) is 16.7. The molecule has 2 aromatic rings. The highest BCUT2D eigenvalue weighted by molar-refractivity contribution is 7.92. The van der Waals surface area contributed by atoms with Gasteiger partial charge in [0.15, 0.2) is 4.21 Å². The lowest BCUT2D eigenvalue weighted by Gasteiger charge is -2.24. The third kappa shape index (κ3) is 3.59. The van der Waals surface area contributed by atoms with E-state index >= 15 is 0 Å². The first-order valence-electron chi connectivity index (χ1n) is 7.23. The molecule has 1 amide bonds. The summed E-state index contributed by atoms with van der Waals surface area (Å²) < 4.78 is 32.3. The van der Waals surface area contributed by atoms with Crippen molar-refractivity contribution in [2.75, 3.05) is 7.11 Å². The van der Waals surface area contributed by atoms with Crippen LogP contribution in [-0.4, -0.2) is 26.4 Å². The lowest BCUT2D eigenvalue weighted by atomic mass is 9.84. The van der Waals surface area contributed by atoms with E-state index in [2.05, 4.69) is 9.71 Å². The summed E-state index contributed by atoms with van der Waals surface area (Å²) in [7, 11) is -2.39. The minimum atomic E-state index is -3.94. The fourth-order valence-corrected chi connectivity index (χ4v) is 4.79. The van der Waals surface area contributed by atoms with Crippen LogP contribution in [0.4, 0.5) is 0 Å². The summed E-state index contributed by atoms with van der Waals surface area (Å²) in [6.45, 7) is 6.67. The van der Waals surface area contributed by atoms with Crippen molar-refractivity contribution in [3.8, 4) is 5.75 Å². The number of sulfonamides is 1. The maximum Gasteiger partial charge on any atom is 0.275 e. The molecule has 0 fully saturated rings. The molecule has 0 radical (unpaired) electrons. The van der Waals surface area contributed by atoms with Crippen LogP contribution < -0.4 is 9.46 Å². The molecular weight excluding hydrogens is 348 g/mol. The Morgan fingerprint density at radius 2 is 1.79 bits per heavy atom. The Bertz CT molecular complexity index is 853. The van der Waals surface area contributed by atoms with Crippen LogP contribution in [0.1, 0.15) is 30.1 Å². The molecule has 0 atom stereocenters. The number of nitrogens with one attached hydrogen (secondary N) is 1. The summed E-state index contributed by atoms with van der Waals surface area (Å²) >= 11 is 1.04. The Kier molecular flexibility index (Phi) is 5.00. The van der Waals surface area contributed by atoms with Crippen molar-refractivity contribution in [2.24, 2.45) is 0 Å². The van der Waals surface area contributed by atoms with Gasteiger partial charge in [0.1, 0.15) is 5.75 Å². The third-order valence-corrected chi connectivity index (χ3v) is 6.72. The molecule has 0 aliphatic carbocycles. The van der Waals surface area contributed by atoms with Crippen molar-refractivity contribution < 1.29 is 17.9 Å². The first-order chi connectivity index (χ1) is 11.1. The molecule has 0 bridgehead atoms. The molecule has 0 aliphatic heterocycles. The second-order valence-electron chi connectivity index (χ2n) is 5.89. The van der Waals surface area contributed by atoms with Gasteiger partial charge in [-0.1, -0.05) is 12.1 Å². The minimum absolute atomic E-state index is 0.0684. The minimum Gasteiger partial charge on any atom is -0.497 e. The highest BCUT2D eigenvalue weighted by Gasteiger charge is 2.34. The quantitative estimate of drug-likeness (QED) is 0.877. The molecule has 6 nitrogen and oxygen atoms in total. The number of carbonyl (C=O) groups excluding carboxylic acids is 1. The molecule has 0 saturated carbocycles. The van der Waals surface area contributed by atoms with Crippen LogP contribution in [0.3, 0.4) is 0 Å². The van der Waals surface area contributed by atoms with Gasteiger partial charge in [0.2, 0.25) is 5.91 Å². The predicted molar refractivity (Wildman–Crippen MR) is 92.9 cm³/mol. The normalized spacial score (nSPS) is 12.0. The summed E-state index contributed by atoms with van der Waals surface area (Å²) in [5, 5.41) is 0.634. The molecule has 0 spiro atoms. The Labute approximate surface area is 145 Å². The lowest BCUT2D eigenvalue weighted by Crippen LogP contribution is -2.43. The first-order valence-corrected chi connectivity index (χ1v) is 9.53. The van der Waals surface area contributed by atoms with Crippen molar-refractivity contribution in [1.29, 1.82) is 0 Å². The van der Waals surface area contributed by atoms with E-state index < -0.39 is 21.3 Å². The number of aromatic nitrogens is 1. The van der Waals surface area contributed by atoms with Gasteiger partial charge < -0.3 is 4.74 Å². The standard InChI is InChI=1S/C16H20N2O4S2/c1-10-14(23-11(2)17-10)24(20,21)18-15(19)16(3,4)12-6-8-13(22-5)9-7-12/h6-9H,1-5H3,(H,18,19). The van der Waals surface area contributed by atoms with Crippen molar-refractivity contribution in [3.05, 3.63) is 40.5 Å². The number of methoxy groups -OCH3 is 1. The zero-order valence-electron chi connectivity index (χ0n) is 14.2. The van der Waals surface area contributed by atoms with Crippen LogP contribution >= 0.6 is 11.3 Å². The van der Waals surface area contributed by atoms with E-state index in [0.717, 1.165) is 11.3 Å². The van der Waals surface area contributed by atoms with Crippen LogP contribution in [0.25, 0.3) is 0 Å². The van der Waals surface area contributed by atoms with Crippen molar-refractivity contribution in [3.63, 3.8) is 0 Å². The van der Waals surface area contributed by atoms with E-state index in [0.29, 0.717) is 22.0 Å². The second kappa shape index (κ2) is 6.52. The smallest absolute Gasteiger partial charge is 0.275 e. The second-order valence-corrected chi connectivity index (χ2v) is 8.97. The molecule has 0 saturated heterocycles. The topological polar surface area (TPSA) is 85.4 Å². The number of benzene rings is 1. The number of nitrogens with zero attached hydrogens (tertiary/aromatic N) is 1. The van der Waals surface area contributed by atoms with Crippen LogP contribution in [0.2, 0.25) is 0 Å². The van der Waals surface area contributed by atoms with Gasteiger partial charge >= 0.3 is 0 Å². The Morgan fingerprint density at radius 3 is 2.25 bits per heavy atom. The molecular formula is C16H20N2O4S2. The summed E-state index contributed by atoms with van der Waals surface area (Å²) in [6.07, 6.45) is 0. The fourth-order valence-electron chi connectivity index (χ4n) is 2.20. The van der Waals surface area contributed by atoms with E-state index in [1.165, 1.54) is 0 Å². The van der Waals surface area contributed by atoms with Crippen LogP contribution in [0.5, 0.6) is 5.75 Å². The van der Waals surface area contributed by atoms with Gasteiger partial charge in [-0.3, -0.25) is 4.79 Å². The molecule has 1 aromatic carbocycles. The largest absolute Gasteiger partial charge is 0.497 e. The SMILES string of the molecule is COc1ccc(C(C)(C)C(=O)NS(=O)(=O)c2sc(C)nc2C)cc1. The average molecular weight is 368 g/mol. The molecule has 130 valence electrons. The van der Waals surface area contributed by atoms with Crippen molar-refractivity contribution >= 4 is 27.3 Å². The molecule has 2 rings (SSSR count). The van der Waals surface area contributed by atoms with Gasteiger partial charge in [0, 0.05) is 0 Å². The fraction of sp³-hybridized carbons (Fsp3) is 0.375. The van der Waals surface area contributed by atoms with Gasteiger partial charge in [-0.15, -0.1) is 11.3 Å². The highest BCUT2D eigenvalue weighted by atomic mass is 32.2. The number of rotatable bonds is 5. The number of hydrogen-bond acceptors (Lipinski definition) is 6. The van der Waals surface area contributed by atoms with Gasteiger partial charge in [-0.2, -0.15) is 0 Å². The Balaban J connectivity index is 2.28. The number of hydrogen-bond donors (Lipinski definition) is 1. The zero-order chi connectivity index (χ0) is 18.1. The van der Waals surface area contributed by atoms with Crippen LogP contribution in [-0.2, 0) is 20.2 Å². The lowest BCUT2D eigenvalue weighted by molar-refractivity contribution is -0.123. The zero-order valence-corrected chi connectivity index (χ0v) is 15.8. The Morgan fingerprint density at radius 1 is 1.21 bits per heavy atom. The van der Waals surface area contributed by atoms with E-state index in [1.807, 2.05) is 0 Å². The molecule has 0 unspecified atom stereocenters. The first kappa shape index (κ1) is 18.4. The molecule has 1 heterocycles. The van der Waals surface area contributed by atoms with E-state index in [9.17, 15) is 13.2 Å². The number of amides is 1. The summed E-state index contributed by atoms with van der Waals surface area (Å²) in [6, 6.07) is 6.95. The van der Waals surface area contributed by atoms with Gasteiger partial charge in [0.25, 0.3) is 10.0 Å². The maximum atomic E-state index is 12.6.